The second kappa shape index (κ2) is 3.93. The predicted octanol–water partition coefficient (Wildman–Crippen LogP) is 2.79. The molecule has 1 fully saturated rings. The molecule has 0 amide bonds. The minimum absolute atomic E-state index is 0.110. The van der Waals surface area contributed by atoms with Crippen LogP contribution in [0.15, 0.2) is 24.3 Å². The van der Waals surface area contributed by atoms with Gasteiger partial charge in [-0.25, -0.2) is 4.39 Å². The van der Waals surface area contributed by atoms with Gasteiger partial charge < -0.3 is 5.32 Å². The zero-order valence-electron chi connectivity index (χ0n) is 9.39. The average Bonchev–Trinajstić information content (AvgIpc) is 2.71. The third-order valence-corrected chi connectivity index (χ3v) is 3.41. The van der Waals surface area contributed by atoms with Crippen molar-refractivity contribution < 1.29 is 4.39 Å². The Kier molecular flexibility index (Phi) is 2.79. The zero-order valence-corrected chi connectivity index (χ0v) is 9.39. The lowest BCUT2D eigenvalue weighted by Crippen LogP contribution is -2.29. The number of benzene rings is 1. The molecule has 0 spiro atoms. The lowest BCUT2D eigenvalue weighted by molar-refractivity contribution is 0.112. The summed E-state index contributed by atoms with van der Waals surface area (Å²) in [6, 6.07) is 7.79. The second-order valence-electron chi connectivity index (χ2n) is 4.63. The lowest BCUT2D eigenvalue weighted by atomic mass is 9.83. The summed E-state index contributed by atoms with van der Waals surface area (Å²) in [6.45, 7) is 5.45. The first-order chi connectivity index (χ1) is 7.10. The maximum absolute atomic E-state index is 14.7. The number of nitrogens with one attached hydrogen (secondary N) is 1. The van der Waals surface area contributed by atoms with E-state index in [-0.39, 0.29) is 5.92 Å². The van der Waals surface area contributed by atoms with Gasteiger partial charge in [-0.1, -0.05) is 29.8 Å². The Labute approximate surface area is 90.7 Å². The van der Waals surface area contributed by atoms with Crippen LogP contribution in [0, 0.1) is 12.8 Å². The van der Waals surface area contributed by atoms with Crippen molar-refractivity contribution >= 4 is 0 Å². The molecular weight excluding hydrogens is 189 g/mol. The van der Waals surface area contributed by atoms with Crippen LogP contribution in [0.25, 0.3) is 0 Å². The molecular formula is C13H18FN. The van der Waals surface area contributed by atoms with E-state index in [0.29, 0.717) is 0 Å². The van der Waals surface area contributed by atoms with E-state index < -0.39 is 5.67 Å². The molecule has 0 aliphatic carbocycles. The SMILES string of the molecule is Cc1cccc(C(C)(F)C2CCNC2)c1. The van der Waals surface area contributed by atoms with Gasteiger partial charge in [0.15, 0.2) is 0 Å². The molecule has 0 saturated carbocycles. The van der Waals surface area contributed by atoms with Crippen LogP contribution in [-0.2, 0) is 5.67 Å². The summed E-state index contributed by atoms with van der Waals surface area (Å²) in [5, 5.41) is 3.22. The Bertz CT molecular complexity index is 340. The molecule has 0 bridgehead atoms. The van der Waals surface area contributed by atoms with Crippen LogP contribution >= 0.6 is 0 Å². The monoisotopic (exact) mass is 207 g/mol. The van der Waals surface area contributed by atoms with Gasteiger partial charge in [-0.3, -0.25) is 0 Å². The summed E-state index contributed by atoms with van der Waals surface area (Å²) >= 11 is 0. The standard InChI is InChI=1S/C13H18FN/c1-10-4-3-5-11(8-10)13(2,14)12-6-7-15-9-12/h3-5,8,12,15H,6-7,9H2,1-2H3. The summed E-state index contributed by atoms with van der Waals surface area (Å²) in [4.78, 5) is 0. The molecule has 1 aliphatic heterocycles. The van der Waals surface area contributed by atoms with E-state index in [1.165, 1.54) is 0 Å². The van der Waals surface area contributed by atoms with Gasteiger partial charge in [0.25, 0.3) is 0 Å². The molecule has 2 unspecified atom stereocenters. The summed E-state index contributed by atoms with van der Waals surface area (Å²) in [5.41, 5.74) is 0.744. The van der Waals surface area contributed by atoms with E-state index in [1.54, 1.807) is 6.92 Å². The predicted molar refractivity (Wildman–Crippen MR) is 60.6 cm³/mol. The van der Waals surface area contributed by atoms with Crippen molar-refractivity contribution in [3.63, 3.8) is 0 Å². The normalized spacial score (nSPS) is 25.1. The number of hydrogen-bond acceptors (Lipinski definition) is 1. The van der Waals surface area contributed by atoms with E-state index >= 15 is 0 Å². The van der Waals surface area contributed by atoms with Gasteiger partial charge in [-0.15, -0.1) is 0 Å². The van der Waals surface area contributed by atoms with Gasteiger partial charge in [0.2, 0.25) is 0 Å². The number of halogens is 1. The highest BCUT2D eigenvalue weighted by molar-refractivity contribution is 5.28. The molecule has 2 heteroatoms. The fourth-order valence-electron chi connectivity index (χ4n) is 2.30. The van der Waals surface area contributed by atoms with Crippen LogP contribution < -0.4 is 5.32 Å². The minimum Gasteiger partial charge on any atom is -0.316 e. The quantitative estimate of drug-likeness (QED) is 0.786. The van der Waals surface area contributed by atoms with Crippen molar-refractivity contribution in [1.29, 1.82) is 0 Å². The first-order valence-corrected chi connectivity index (χ1v) is 5.57. The highest BCUT2D eigenvalue weighted by Gasteiger charge is 2.37. The van der Waals surface area contributed by atoms with Gasteiger partial charge in [-0.05, 0) is 32.4 Å². The van der Waals surface area contributed by atoms with Gasteiger partial charge in [0.05, 0.1) is 0 Å². The molecule has 82 valence electrons. The lowest BCUT2D eigenvalue weighted by Gasteiger charge is -2.27. The molecule has 2 atom stereocenters. The highest BCUT2D eigenvalue weighted by Crippen LogP contribution is 2.37. The van der Waals surface area contributed by atoms with Crippen LogP contribution in [0.2, 0.25) is 0 Å². The molecule has 15 heavy (non-hydrogen) atoms. The average molecular weight is 207 g/mol. The molecule has 1 heterocycles. The third-order valence-electron chi connectivity index (χ3n) is 3.41. The largest absolute Gasteiger partial charge is 0.316 e. The Morgan fingerprint density at radius 1 is 1.47 bits per heavy atom. The zero-order chi connectivity index (χ0) is 10.9. The molecule has 1 saturated heterocycles. The molecule has 1 aliphatic rings. The van der Waals surface area contributed by atoms with Gasteiger partial charge in [-0.2, -0.15) is 0 Å². The summed E-state index contributed by atoms with van der Waals surface area (Å²) < 4.78 is 14.7. The van der Waals surface area contributed by atoms with E-state index in [1.807, 2.05) is 31.2 Å². The molecule has 1 aromatic rings. The Balaban J connectivity index is 2.27. The Hall–Kier alpha value is -0.890. The maximum Gasteiger partial charge on any atom is 0.137 e. The first-order valence-electron chi connectivity index (χ1n) is 5.57. The summed E-state index contributed by atoms with van der Waals surface area (Å²) in [6.07, 6.45) is 0.931. The van der Waals surface area contributed by atoms with Crippen molar-refractivity contribution in [1.82, 2.24) is 5.32 Å². The van der Waals surface area contributed by atoms with Crippen molar-refractivity contribution in [2.24, 2.45) is 5.92 Å². The van der Waals surface area contributed by atoms with E-state index in [0.717, 1.165) is 30.6 Å². The van der Waals surface area contributed by atoms with Crippen LogP contribution in [0.5, 0.6) is 0 Å². The number of aryl methyl sites for hydroxylation is 1. The Morgan fingerprint density at radius 2 is 2.27 bits per heavy atom. The summed E-state index contributed by atoms with van der Waals surface area (Å²) in [5.74, 6) is 0.110. The minimum atomic E-state index is -1.20. The fraction of sp³-hybridized carbons (Fsp3) is 0.538. The fourth-order valence-corrected chi connectivity index (χ4v) is 2.30. The first kappa shape index (κ1) is 10.6. The van der Waals surface area contributed by atoms with Gasteiger partial charge >= 0.3 is 0 Å². The Morgan fingerprint density at radius 3 is 2.87 bits per heavy atom. The van der Waals surface area contributed by atoms with Crippen LogP contribution in [0.3, 0.4) is 0 Å². The van der Waals surface area contributed by atoms with Gasteiger partial charge in [0.1, 0.15) is 5.67 Å². The molecule has 1 N–H and O–H groups in total. The number of alkyl halides is 1. The van der Waals surface area contributed by atoms with E-state index in [9.17, 15) is 4.39 Å². The van der Waals surface area contributed by atoms with Crippen molar-refractivity contribution in [2.75, 3.05) is 13.1 Å². The molecule has 0 radical (unpaired) electrons. The van der Waals surface area contributed by atoms with Crippen molar-refractivity contribution in [3.05, 3.63) is 35.4 Å². The summed E-state index contributed by atoms with van der Waals surface area (Å²) in [7, 11) is 0. The maximum atomic E-state index is 14.7. The van der Waals surface area contributed by atoms with Crippen molar-refractivity contribution in [3.8, 4) is 0 Å². The smallest absolute Gasteiger partial charge is 0.137 e. The van der Waals surface area contributed by atoms with Gasteiger partial charge in [0, 0.05) is 12.5 Å². The number of rotatable bonds is 2. The molecule has 0 aromatic heterocycles. The molecule has 1 nitrogen and oxygen atoms in total. The second-order valence-corrected chi connectivity index (χ2v) is 4.63. The third kappa shape index (κ3) is 2.05. The van der Waals surface area contributed by atoms with E-state index in [4.69, 9.17) is 0 Å². The van der Waals surface area contributed by atoms with E-state index in [2.05, 4.69) is 5.32 Å². The topological polar surface area (TPSA) is 12.0 Å². The van der Waals surface area contributed by atoms with Crippen LogP contribution in [0.4, 0.5) is 4.39 Å². The highest BCUT2D eigenvalue weighted by atomic mass is 19.1. The van der Waals surface area contributed by atoms with Crippen LogP contribution in [-0.4, -0.2) is 13.1 Å². The van der Waals surface area contributed by atoms with Crippen LogP contribution in [0.1, 0.15) is 24.5 Å². The molecule has 1 aromatic carbocycles. The molecule has 2 rings (SSSR count). The number of hydrogen-bond donors (Lipinski definition) is 1. The van der Waals surface area contributed by atoms with Crippen molar-refractivity contribution in [2.45, 2.75) is 25.9 Å².